The van der Waals surface area contributed by atoms with E-state index in [4.69, 9.17) is 14.2 Å². The molecule has 0 unspecified atom stereocenters. The number of aryl methyl sites for hydroxylation is 1. The van der Waals surface area contributed by atoms with Gasteiger partial charge in [0, 0.05) is 15.7 Å². The molecule has 1 N–H and O–H groups in total. The highest BCUT2D eigenvalue weighted by atomic mass is 79.9. The van der Waals surface area contributed by atoms with Crippen LogP contribution in [0.1, 0.15) is 22.3 Å². The standard InChI is InChI=1S/C32H27BrN2O4/c1-22-8-12-28(13-9-22)35-32(36)26(19-34)17-25-18-27(33)11-15-29(25)38-21-24-10-14-30(31(16-24)37-2)39-20-23-6-4-3-5-7-23/h3-18H,20-21H2,1-2H3,(H,35,36)/b26-17-. The summed E-state index contributed by atoms with van der Waals surface area (Å²) < 4.78 is 18.4. The molecule has 0 atom stereocenters. The van der Waals surface area contributed by atoms with Gasteiger partial charge in [-0.15, -0.1) is 0 Å². The topological polar surface area (TPSA) is 80.6 Å². The zero-order chi connectivity index (χ0) is 27.6. The minimum absolute atomic E-state index is 0.0416. The number of benzene rings is 4. The van der Waals surface area contributed by atoms with Crippen LogP contribution in [0.2, 0.25) is 0 Å². The summed E-state index contributed by atoms with van der Waals surface area (Å²) in [6, 6.07) is 30.3. The molecule has 0 heterocycles. The highest BCUT2D eigenvalue weighted by molar-refractivity contribution is 9.10. The number of carbonyl (C=O) groups is 1. The summed E-state index contributed by atoms with van der Waals surface area (Å²) in [5, 5.41) is 12.5. The number of hydrogen-bond donors (Lipinski definition) is 1. The maximum Gasteiger partial charge on any atom is 0.266 e. The van der Waals surface area contributed by atoms with Gasteiger partial charge < -0.3 is 19.5 Å². The summed E-state index contributed by atoms with van der Waals surface area (Å²) in [6.07, 6.45) is 1.52. The fourth-order valence-electron chi connectivity index (χ4n) is 3.72. The van der Waals surface area contributed by atoms with Crippen molar-refractivity contribution in [2.75, 3.05) is 12.4 Å². The normalized spacial score (nSPS) is 10.9. The van der Waals surface area contributed by atoms with E-state index in [1.54, 1.807) is 31.4 Å². The molecule has 0 fully saturated rings. The van der Waals surface area contributed by atoms with Gasteiger partial charge in [-0.3, -0.25) is 4.79 Å². The number of carbonyl (C=O) groups excluding carboxylic acids is 1. The molecule has 0 spiro atoms. The summed E-state index contributed by atoms with van der Waals surface area (Å²) in [4.78, 5) is 12.8. The molecule has 0 radical (unpaired) electrons. The molecular weight excluding hydrogens is 556 g/mol. The van der Waals surface area contributed by atoms with E-state index in [1.165, 1.54) is 6.08 Å². The number of hydrogen-bond acceptors (Lipinski definition) is 5. The van der Waals surface area contributed by atoms with Crippen LogP contribution in [0, 0.1) is 18.3 Å². The molecule has 6 nitrogen and oxygen atoms in total. The third-order valence-electron chi connectivity index (χ3n) is 5.81. The van der Waals surface area contributed by atoms with E-state index < -0.39 is 5.91 Å². The molecule has 39 heavy (non-hydrogen) atoms. The highest BCUT2D eigenvalue weighted by Crippen LogP contribution is 2.31. The largest absolute Gasteiger partial charge is 0.493 e. The van der Waals surface area contributed by atoms with Gasteiger partial charge in [0.15, 0.2) is 11.5 Å². The molecule has 0 aliphatic carbocycles. The lowest BCUT2D eigenvalue weighted by Crippen LogP contribution is -2.13. The van der Waals surface area contributed by atoms with Crippen LogP contribution in [-0.2, 0) is 18.0 Å². The van der Waals surface area contributed by atoms with Crippen LogP contribution >= 0.6 is 15.9 Å². The summed E-state index contributed by atoms with van der Waals surface area (Å²) >= 11 is 3.46. The molecule has 0 saturated heterocycles. The number of nitriles is 1. The van der Waals surface area contributed by atoms with Gasteiger partial charge in [-0.1, -0.05) is 70.0 Å². The Kier molecular flexibility index (Phi) is 9.39. The lowest BCUT2D eigenvalue weighted by molar-refractivity contribution is -0.112. The van der Waals surface area contributed by atoms with E-state index in [9.17, 15) is 10.1 Å². The molecular formula is C32H27BrN2O4. The Balaban J connectivity index is 1.48. The molecule has 4 rings (SSSR count). The first-order valence-corrected chi connectivity index (χ1v) is 13.0. The molecule has 0 aliphatic heterocycles. The van der Waals surface area contributed by atoms with Gasteiger partial charge in [-0.25, -0.2) is 0 Å². The molecule has 196 valence electrons. The number of methoxy groups -OCH3 is 1. The first kappa shape index (κ1) is 27.5. The highest BCUT2D eigenvalue weighted by Gasteiger charge is 2.13. The van der Waals surface area contributed by atoms with Gasteiger partial charge >= 0.3 is 0 Å². The number of amides is 1. The second-order valence-electron chi connectivity index (χ2n) is 8.72. The van der Waals surface area contributed by atoms with Crippen LogP contribution in [0.5, 0.6) is 17.2 Å². The molecule has 7 heteroatoms. The Morgan fingerprint density at radius 1 is 0.872 bits per heavy atom. The van der Waals surface area contributed by atoms with Crippen molar-refractivity contribution in [3.63, 3.8) is 0 Å². The van der Waals surface area contributed by atoms with E-state index >= 15 is 0 Å². The van der Waals surface area contributed by atoms with Crippen molar-refractivity contribution >= 4 is 33.6 Å². The van der Waals surface area contributed by atoms with Crippen molar-refractivity contribution in [1.82, 2.24) is 0 Å². The molecule has 0 aromatic heterocycles. The summed E-state index contributed by atoms with van der Waals surface area (Å²) in [6.45, 7) is 2.64. The van der Waals surface area contributed by atoms with Crippen molar-refractivity contribution in [2.45, 2.75) is 20.1 Å². The van der Waals surface area contributed by atoms with Crippen LogP contribution in [0.25, 0.3) is 6.08 Å². The van der Waals surface area contributed by atoms with Crippen molar-refractivity contribution in [3.05, 3.63) is 123 Å². The van der Waals surface area contributed by atoms with Gasteiger partial charge in [0.05, 0.1) is 7.11 Å². The third-order valence-corrected chi connectivity index (χ3v) is 6.30. The van der Waals surface area contributed by atoms with Crippen molar-refractivity contribution in [3.8, 4) is 23.3 Å². The van der Waals surface area contributed by atoms with Crippen molar-refractivity contribution < 1.29 is 19.0 Å². The quantitative estimate of drug-likeness (QED) is 0.155. The number of anilines is 1. The predicted molar refractivity (Wildman–Crippen MR) is 156 cm³/mol. The third kappa shape index (κ3) is 7.73. The lowest BCUT2D eigenvalue weighted by atomic mass is 10.1. The first-order valence-electron chi connectivity index (χ1n) is 12.2. The molecule has 0 bridgehead atoms. The van der Waals surface area contributed by atoms with Crippen LogP contribution in [-0.4, -0.2) is 13.0 Å². The van der Waals surface area contributed by atoms with E-state index in [-0.39, 0.29) is 12.2 Å². The second-order valence-corrected chi connectivity index (χ2v) is 9.64. The monoisotopic (exact) mass is 582 g/mol. The van der Waals surface area contributed by atoms with Crippen molar-refractivity contribution in [2.24, 2.45) is 0 Å². The molecule has 4 aromatic rings. The molecule has 1 amide bonds. The van der Waals surface area contributed by atoms with Gasteiger partial charge in [0.25, 0.3) is 5.91 Å². The number of halogens is 1. The van der Waals surface area contributed by atoms with Crippen LogP contribution < -0.4 is 19.5 Å². The zero-order valence-corrected chi connectivity index (χ0v) is 23.2. The minimum atomic E-state index is -0.497. The fourth-order valence-corrected chi connectivity index (χ4v) is 4.10. The molecule has 0 aliphatic rings. The SMILES string of the molecule is COc1cc(COc2ccc(Br)cc2/C=C(/C#N)C(=O)Nc2ccc(C)cc2)ccc1OCc1ccccc1. The van der Waals surface area contributed by atoms with Gasteiger partial charge in [0.2, 0.25) is 0 Å². The van der Waals surface area contributed by atoms with Gasteiger partial charge in [-0.05, 0) is 66.6 Å². The van der Waals surface area contributed by atoms with E-state index in [0.717, 1.165) is 21.2 Å². The van der Waals surface area contributed by atoms with Crippen molar-refractivity contribution in [1.29, 1.82) is 5.26 Å². The molecule has 4 aromatic carbocycles. The Morgan fingerprint density at radius 2 is 1.56 bits per heavy atom. The average molecular weight is 583 g/mol. The summed E-state index contributed by atoms with van der Waals surface area (Å²) in [5.74, 6) is 1.26. The molecule has 0 saturated carbocycles. The Bertz CT molecular complexity index is 1510. The van der Waals surface area contributed by atoms with Crippen LogP contribution in [0.15, 0.2) is 101 Å². The van der Waals surface area contributed by atoms with Gasteiger partial charge in [-0.2, -0.15) is 5.26 Å². The summed E-state index contributed by atoms with van der Waals surface area (Å²) in [5.41, 5.74) is 4.17. The minimum Gasteiger partial charge on any atom is -0.493 e. The Hall–Kier alpha value is -4.54. The summed E-state index contributed by atoms with van der Waals surface area (Å²) in [7, 11) is 1.60. The van der Waals surface area contributed by atoms with E-state index in [2.05, 4.69) is 21.2 Å². The van der Waals surface area contributed by atoms with Gasteiger partial charge in [0.1, 0.15) is 30.6 Å². The zero-order valence-electron chi connectivity index (χ0n) is 21.6. The average Bonchev–Trinajstić information content (AvgIpc) is 2.96. The number of nitrogens with zero attached hydrogens (tertiary/aromatic N) is 1. The Morgan fingerprint density at radius 3 is 2.28 bits per heavy atom. The predicted octanol–water partition coefficient (Wildman–Crippen LogP) is 7.47. The number of ether oxygens (including phenoxy) is 3. The fraction of sp³-hybridized carbons (Fsp3) is 0.125. The Labute approximate surface area is 236 Å². The van der Waals surface area contributed by atoms with E-state index in [0.29, 0.717) is 35.1 Å². The van der Waals surface area contributed by atoms with E-state index in [1.807, 2.05) is 79.7 Å². The number of rotatable bonds is 10. The first-order chi connectivity index (χ1) is 18.9. The maximum atomic E-state index is 12.8. The maximum absolute atomic E-state index is 12.8. The number of nitrogens with one attached hydrogen (secondary N) is 1. The van der Waals surface area contributed by atoms with Crippen LogP contribution in [0.4, 0.5) is 5.69 Å². The smallest absolute Gasteiger partial charge is 0.266 e. The lowest BCUT2D eigenvalue weighted by Gasteiger charge is -2.14. The van der Waals surface area contributed by atoms with Crippen LogP contribution in [0.3, 0.4) is 0 Å². The second kappa shape index (κ2) is 13.3.